The molecule has 5 rings (SSSR count). The second-order valence-electron chi connectivity index (χ2n) is 9.35. The SMILES string of the molecule is CCc1cc(-c2ccc(-c3cnc(N4CCN[C@@H](C(C)C)C4)nn3)c(O)c2)cn2cc(C)nc12.Cl.Cl. The van der Waals surface area contributed by atoms with Crippen molar-refractivity contribution in [1.29, 1.82) is 0 Å². The molecule has 1 aromatic carbocycles. The Labute approximate surface area is 224 Å². The molecule has 4 aromatic rings. The number of halogens is 2. The molecule has 2 N–H and O–H groups in total. The van der Waals surface area contributed by atoms with Crippen LogP contribution in [0.4, 0.5) is 5.95 Å². The van der Waals surface area contributed by atoms with Crippen molar-refractivity contribution in [1.82, 2.24) is 29.9 Å². The van der Waals surface area contributed by atoms with Crippen LogP contribution in [0.1, 0.15) is 32.0 Å². The van der Waals surface area contributed by atoms with E-state index in [4.69, 9.17) is 0 Å². The number of phenolic OH excluding ortho intramolecular Hbond substituents is 1. The zero-order valence-corrected chi connectivity index (χ0v) is 22.6. The van der Waals surface area contributed by atoms with Crippen molar-refractivity contribution < 1.29 is 5.11 Å². The summed E-state index contributed by atoms with van der Waals surface area (Å²) in [7, 11) is 0. The number of phenols is 1. The molecule has 192 valence electrons. The molecule has 0 spiro atoms. The van der Waals surface area contributed by atoms with Crippen LogP contribution in [0.15, 0.2) is 42.9 Å². The molecule has 0 radical (unpaired) electrons. The van der Waals surface area contributed by atoms with Crippen LogP contribution in [0.25, 0.3) is 28.0 Å². The lowest BCUT2D eigenvalue weighted by molar-refractivity contribution is 0.365. The summed E-state index contributed by atoms with van der Waals surface area (Å²) < 4.78 is 2.06. The van der Waals surface area contributed by atoms with Gasteiger partial charge in [0.05, 0.1) is 11.9 Å². The number of pyridine rings is 1. The molecule has 3 aromatic heterocycles. The van der Waals surface area contributed by atoms with E-state index < -0.39 is 0 Å². The van der Waals surface area contributed by atoms with Crippen molar-refractivity contribution in [3.8, 4) is 28.1 Å². The Balaban J connectivity index is 0.00000180. The minimum Gasteiger partial charge on any atom is -0.507 e. The first kappa shape index (κ1) is 27.6. The number of nitrogens with zero attached hydrogens (tertiary/aromatic N) is 6. The maximum absolute atomic E-state index is 10.8. The molecule has 0 aliphatic carbocycles. The van der Waals surface area contributed by atoms with E-state index in [1.165, 1.54) is 5.56 Å². The molecule has 0 amide bonds. The Morgan fingerprint density at radius 2 is 1.92 bits per heavy atom. The van der Waals surface area contributed by atoms with Crippen LogP contribution in [-0.4, -0.2) is 55.3 Å². The van der Waals surface area contributed by atoms with Gasteiger partial charge in [0.25, 0.3) is 0 Å². The molecule has 0 bridgehead atoms. The number of rotatable bonds is 5. The smallest absolute Gasteiger partial charge is 0.245 e. The van der Waals surface area contributed by atoms with Gasteiger partial charge < -0.3 is 19.7 Å². The fraction of sp³-hybridized carbons (Fsp3) is 0.385. The van der Waals surface area contributed by atoms with Gasteiger partial charge >= 0.3 is 0 Å². The number of aromatic nitrogens is 5. The van der Waals surface area contributed by atoms with Gasteiger partial charge in [0.15, 0.2) is 0 Å². The van der Waals surface area contributed by atoms with E-state index >= 15 is 0 Å². The Bertz CT molecular complexity index is 1320. The molecule has 10 heteroatoms. The number of hydrogen-bond acceptors (Lipinski definition) is 7. The summed E-state index contributed by atoms with van der Waals surface area (Å²) in [6.07, 6.45) is 6.66. The number of nitrogens with one attached hydrogen (secondary N) is 1. The first-order valence-electron chi connectivity index (χ1n) is 11.9. The highest BCUT2D eigenvalue weighted by atomic mass is 35.5. The largest absolute Gasteiger partial charge is 0.507 e. The van der Waals surface area contributed by atoms with Gasteiger partial charge in [-0.25, -0.2) is 9.97 Å². The summed E-state index contributed by atoms with van der Waals surface area (Å²) in [5.41, 5.74) is 6.27. The molecular weight excluding hydrogens is 497 g/mol. The van der Waals surface area contributed by atoms with E-state index in [0.29, 0.717) is 29.2 Å². The van der Waals surface area contributed by atoms with Crippen LogP contribution in [0.5, 0.6) is 5.75 Å². The average molecular weight is 531 g/mol. The van der Waals surface area contributed by atoms with Gasteiger partial charge in [-0.15, -0.1) is 35.0 Å². The van der Waals surface area contributed by atoms with E-state index in [-0.39, 0.29) is 30.6 Å². The average Bonchev–Trinajstić information content (AvgIpc) is 3.23. The number of aryl methyl sites for hydroxylation is 2. The van der Waals surface area contributed by atoms with Gasteiger partial charge in [-0.3, -0.25) is 0 Å². The first-order chi connectivity index (χ1) is 16.4. The van der Waals surface area contributed by atoms with Crippen LogP contribution in [0, 0.1) is 12.8 Å². The van der Waals surface area contributed by atoms with Crippen molar-refractivity contribution in [2.24, 2.45) is 5.92 Å². The summed E-state index contributed by atoms with van der Waals surface area (Å²) in [6, 6.07) is 8.21. The second-order valence-corrected chi connectivity index (χ2v) is 9.35. The molecule has 1 atom stereocenters. The molecule has 0 saturated carbocycles. The molecule has 1 fully saturated rings. The Hall–Kier alpha value is -2.94. The Morgan fingerprint density at radius 1 is 1.11 bits per heavy atom. The fourth-order valence-corrected chi connectivity index (χ4v) is 4.58. The lowest BCUT2D eigenvalue weighted by Crippen LogP contribution is -2.53. The molecule has 1 aliphatic heterocycles. The third kappa shape index (κ3) is 5.40. The van der Waals surface area contributed by atoms with Gasteiger partial charge in [-0.2, -0.15) is 0 Å². The summed E-state index contributed by atoms with van der Waals surface area (Å²) >= 11 is 0. The highest BCUT2D eigenvalue weighted by Gasteiger charge is 2.24. The molecule has 8 nitrogen and oxygen atoms in total. The zero-order valence-electron chi connectivity index (χ0n) is 21.0. The lowest BCUT2D eigenvalue weighted by Gasteiger charge is -2.35. The third-order valence-electron chi connectivity index (χ3n) is 6.58. The molecular formula is C26H33Cl2N7O. The van der Waals surface area contributed by atoms with E-state index in [0.717, 1.165) is 48.5 Å². The van der Waals surface area contributed by atoms with Crippen LogP contribution >= 0.6 is 24.8 Å². The highest BCUT2D eigenvalue weighted by Crippen LogP contribution is 2.33. The van der Waals surface area contributed by atoms with Crippen LogP contribution in [0.2, 0.25) is 0 Å². The molecule has 1 aliphatic rings. The van der Waals surface area contributed by atoms with E-state index in [9.17, 15) is 5.11 Å². The normalized spacial score (nSPS) is 15.6. The number of fused-ring (bicyclic) bond motifs is 1. The second kappa shape index (κ2) is 11.4. The summed E-state index contributed by atoms with van der Waals surface area (Å²) in [6.45, 7) is 11.2. The molecule has 1 saturated heterocycles. The summed E-state index contributed by atoms with van der Waals surface area (Å²) in [5.74, 6) is 1.32. The van der Waals surface area contributed by atoms with Gasteiger partial charge in [0.2, 0.25) is 5.95 Å². The maximum atomic E-state index is 10.8. The third-order valence-corrected chi connectivity index (χ3v) is 6.58. The lowest BCUT2D eigenvalue weighted by atomic mass is 10.0. The topological polar surface area (TPSA) is 91.5 Å². The quantitative estimate of drug-likeness (QED) is 0.386. The van der Waals surface area contributed by atoms with Crippen molar-refractivity contribution in [2.45, 2.75) is 40.2 Å². The van der Waals surface area contributed by atoms with Gasteiger partial charge in [-0.05, 0) is 54.2 Å². The number of imidazole rings is 1. The zero-order chi connectivity index (χ0) is 23.8. The van der Waals surface area contributed by atoms with Crippen molar-refractivity contribution in [3.05, 3.63) is 54.1 Å². The monoisotopic (exact) mass is 529 g/mol. The predicted octanol–water partition coefficient (Wildman–Crippen LogP) is 4.71. The molecule has 0 unspecified atom stereocenters. The highest BCUT2D eigenvalue weighted by molar-refractivity contribution is 5.85. The van der Waals surface area contributed by atoms with Crippen molar-refractivity contribution in [3.63, 3.8) is 0 Å². The minimum absolute atomic E-state index is 0. The first-order valence-corrected chi connectivity index (χ1v) is 11.9. The standard InChI is InChI=1S/C26H31N7O.2ClH/c1-5-18-10-20(14-33-13-17(4)29-25(18)33)19-6-7-21(24(34)11-19)22-12-28-26(31-30-22)32-9-8-27-23(15-32)16(2)3;;/h6-7,10-14,16,23,27,34H,5,8-9,15H2,1-4H3;2*1H/t23-;;/m1../s1. The fourth-order valence-electron chi connectivity index (χ4n) is 4.58. The van der Waals surface area contributed by atoms with E-state index in [1.54, 1.807) is 12.3 Å². The number of piperazine rings is 1. The van der Waals surface area contributed by atoms with Gasteiger partial charge in [-0.1, -0.05) is 26.8 Å². The van der Waals surface area contributed by atoms with Crippen LogP contribution in [0.3, 0.4) is 0 Å². The summed E-state index contributed by atoms with van der Waals surface area (Å²) in [4.78, 5) is 11.4. The van der Waals surface area contributed by atoms with Crippen LogP contribution < -0.4 is 10.2 Å². The van der Waals surface area contributed by atoms with E-state index in [1.807, 2.05) is 25.3 Å². The number of hydrogen-bond donors (Lipinski definition) is 2. The Kier molecular flexibility index (Phi) is 8.76. The van der Waals surface area contributed by atoms with E-state index in [2.05, 4.69) is 67.8 Å². The van der Waals surface area contributed by atoms with Gasteiger partial charge in [0.1, 0.15) is 17.1 Å². The van der Waals surface area contributed by atoms with Gasteiger partial charge in [0, 0.05) is 43.6 Å². The predicted molar refractivity (Wildman–Crippen MR) is 149 cm³/mol. The number of benzene rings is 1. The molecule has 4 heterocycles. The Morgan fingerprint density at radius 3 is 2.58 bits per heavy atom. The van der Waals surface area contributed by atoms with Crippen molar-refractivity contribution >= 4 is 36.4 Å². The minimum atomic E-state index is 0. The number of anilines is 1. The number of aromatic hydroxyl groups is 1. The maximum Gasteiger partial charge on any atom is 0.245 e. The van der Waals surface area contributed by atoms with Crippen molar-refractivity contribution in [2.75, 3.05) is 24.5 Å². The molecule has 36 heavy (non-hydrogen) atoms. The summed E-state index contributed by atoms with van der Waals surface area (Å²) in [5, 5.41) is 23.1. The van der Waals surface area contributed by atoms with Crippen LogP contribution in [-0.2, 0) is 6.42 Å².